The molecule has 5 heteroatoms. The molecule has 2 aliphatic rings. The minimum atomic E-state index is 0.185. The van der Waals surface area contributed by atoms with Crippen molar-refractivity contribution in [3.8, 4) is 5.75 Å². The number of hydrogen-bond acceptors (Lipinski definition) is 4. The number of benzene rings is 2. The first-order valence-corrected chi connectivity index (χ1v) is 12.5. The van der Waals surface area contributed by atoms with Gasteiger partial charge in [-0.1, -0.05) is 29.8 Å². The van der Waals surface area contributed by atoms with Gasteiger partial charge in [-0.15, -0.1) is 0 Å². The van der Waals surface area contributed by atoms with Crippen LogP contribution in [0.4, 0.5) is 5.69 Å². The summed E-state index contributed by atoms with van der Waals surface area (Å²) in [6, 6.07) is 17.5. The van der Waals surface area contributed by atoms with Crippen molar-refractivity contribution < 1.29 is 4.74 Å². The van der Waals surface area contributed by atoms with Crippen LogP contribution in [0.1, 0.15) is 38.7 Å². The Kier molecular flexibility index (Phi) is 7.98. The van der Waals surface area contributed by atoms with Gasteiger partial charge in [-0.3, -0.25) is 4.90 Å². The third-order valence-corrected chi connectivity index (χ3v) is 7.31. The van der Waals surface area contributed by atoms with Gasteiger partial charge in [0.05, 0.1) is 12.8 Å². The molecule has 0 bridgehead atoms. The molecule has 0 saturated carbocycles. The molecule has 0 amide bonds. The molecule has 4 rings (SSSR count). The fourth-order valence-electron chi connectivity index (χ4n) is 5.10. The number of ether oxygens (including phenoxy) is 1. The fraction of sp³-hybridized carbons (Fsp3) is 0.556. The van der Waals surface area contributed by atoms with Crippen molar-refractivity contribution in [1.82, 2.24) is 9.80 Å². The minimum Gasteiger partial charge on any atom is -0.491 e. The monoisotopic (exact) mass is 455 g/mol. The highest BCUT2D eigenvalue weighted by Gasteiger charge is 2.28. The first-order chi connectivity index (χ1) is 15.5. The van der Waals surface area contributed by atoms with E-state index in [0.717, 1.165) is 30.4 Å². The molecule has 1 atom stereocenters. The second-order valence-electron chi connectivity index (χ2n) is 9.81. The Balaban J connectivity index is 1.24. The molecule has 2 heterocycles. The summed E-state index contributed by atoms with van der Waals surface area (Å²) in [6.07, 6.45) is 4.96. The van der Waals surface area contributed by atoms with Crippen LogP contribution in [-0.4, -0.2) is 61.8 Å². The van der Waals surface area contributed by atoms with Crippen molar-refractivity contribution in [3.63, 3.8) is 0 Å². The normalized spacial score (nSPS) is 21.3. The number of piperidine rings is 1. The second-order valence-corrected chi connectivity index (χ2v) is 10.2. The summed E-state index contributed by atoms with van der Waals surface area (Å²) in [5.41, 5.74) is 2.57. The molecule has 1 unspecified atom stereocenters. The van der Waals surface area contributed by atoms with E-state index < -0.39 is 0 Å². The number of para-hydroxylation sites is 1. The van der Waals surface area contributed by atoms with E-state index >= 15 is 0 Å². The van der Waals surface area contributed by atoms with Crippen molar-refractivity contribution in [2.45, 2.75) is 51.7 Å². The lowest BCUT2D eigenvalue weighted by molar-refractivity contribution is 0.109. The molecule has 2 aromatic rings. The van der Waals surface area contributed by atoms with Crippen LogP contribution < -0.4 is 9.64 Å². The van der Waals surface area contributed by atoms with Gasteiger partial charge in [0.15, 0.2) is 0 Å². The van der Waals surface area contributed by atoms with Crippen molar-refractivity contribution >= 4 is 17.3 Å². The molecule has 0 N–H and O–H groups in total. The number of hydrogen-bond donors (Lipinski definition) is 0. The first-order valence-electron chi connectivity index (χ1n) is 12.2. The molecule has 2 aromatic carbocycles. The van der Waals surface area contributed by atoms with E-state index in [-0.39, 0.29) is 6.10 Å². The molecular formula is C27H38ClN3O. The highest BCUT2D eigenvalue weighted by atomic mass is 35.5. The molecule has 0 radical (unpaired) electrons. The molecule has 32 heavy (non-hydrogen) atoms. The number of nitrogens with zero attached hydrogens (tertiary/aromatic N) is 3. The standard InChI is InChI=1S/C27H38ClN3O/c1-21(2)32-26-9-10-27(28)23(18-26)17-22-11-14-30(15-12-22)19-25-13-16-31(20-29(25)3)24-7-5-4-6-8-24/h4-10,18,21-22,25H,11-17,19-20H2,1-3H3. The predicted octanol–water partition coefficient (Wildman–Crippen LogP) is 5.55. The summed E-state index contributed by atoms with van der Waals surface area (Å²) in [6.45, 7) is 9.85. The van der Waals surface area contributed by atoms with E-state index in [4.69, 9.17) is 16.3 Å². The lowest BCUT2D eigenvalue weighted by Crippen LogP contribution is -2.53. The van der Waals surface area contributed by atoms with Crippen LogP contribution in [0.3, 0.4) is 0 Å². The predicted molar refractivity (Wildman–Crippen MR) is 135 cm³/mol. The van der Waals surface area contributed by atoms with Crippen LogP contribution in [0, 0.1) is 5.92 Å². The smallest absolute Gasteiger partial charge is 0.120 e. The number of rotatable bonds is 7. The van der Waals surface area contributed by atoms with E-state index in [0.29, 0.717) is 12.0 Å². The SMILES string of the molecule is CC(C)Oc1ccc(Cl)c(CC2CCN(CC3CCN(c4ccccc4)CN3C)CC2)c1. The maximum absolute atomic E-state index is 6.51. The van der Waals surface area contributed by atoms with Gasteiger partial charge in [0.1, 0.15) is 5.75 Å². The van der Waals surface area contributed by atoms with Crippen molar-refractivity contribution in [1.29, 1.82) is 0 Å². The molecular weight excluding hydrogens is 418 g/mol. The summed E-state index contributed by atoms with van der Waals surface area (Å²) in [7, 11) is 2.28. The molecule has 174 valence electrons. The summed E-state index contributed by atoms with van der Waals surface area (Å²) in [4.78, 5) is 7.70. The van der Waals surface area contributed by atoms with Crippen LogP contribution in [0.5, 0.6) is 5.75 Å². The van der Waals surface area contributed by atoms with E-state index in [1.807, 2.05) is 12.1 Å². The van der Waals surface area contributed by atoms with E-state index in [2.05, 4.69) is 72.0 Å². The first kappa shape index (κ1) is 23.4. The van der Waals surface area contributed by atoms with E-state index in [1.165, 1.54) is 50.1 Å². The van der Waals surface area contributed by atoms with Gasteiger partial charge in [-0.2, -0.15) is 0 Å². The van der Waals surface area contributed by atoms with Gasteiger partial charge in [0.25, 0.3) is 0 Å². The van der Waals surface area contributed by atoms with Crippen LogP contribution in [-0.2, 0) is 6.42 Å². The lowest BCUT2D eigenvalue weighted by Gasteiger charge is -2.43. The van der Waals surface area contributed by atoms with Crippen LogP contribution >= 0.6 is 11.6 Å². The molecule has 0 aliphatic carbocycles. The molecule has 0 aromatic heterocycles. The third-order valence-electron chi connectivity index (χ3n) is 6.94. The Labute approximate surface area is 199 Å². The van der Waals surface area contributed by atoms with Gasteiger partial charge in [-0.25, -0.2) is 0 Å². The number of likely N-dealkylation sites (tertiary alicyclic amines) is 1. The van der Waals surface area contributed by atoms with E-state index in [1.54, 1.807) is 0 Å². The van der Waals surface area contributed by atoms with Crippen LogP contribution in [0.25, 0.3) is 0 Å². The summed E-state index contributed by atoms with van der Waals surface area (Å²) < 4.78 is 5.87. The number of likely N-dealkylation sites (N-methyl/N-ethyl adjacent to an activating group) is 1. The van der Waals surface area contributed by atoms with Gasteiger partial charge in [-0.05, 0) is 101 Å². The highest BCUT2D eigenvalue weighted by Crippen LogP contribution is 2.29. The average Bonchev–Trinajstić information content (AvgIpc) is 2.79. The largest absolute Gasteiger partial charge is 0.491 e. The van der Waals surface area contributed by atoms with Crippen molar-refractivity contribution in [3.05, 3.63) is 59.1 Å². The zero-order chi connectivity index (χ0) is 22.5. The molecule has 2 aliphatic heterocycles. The fourth-order valence-corrected chi connectivity index (χ4v) is 5.29. The van der Waals surface area contributed by atoms with Crippen LogP contribution in [0.15, 0.2) is 48.5 Å². The maximum atomic E-state index is 6.51. The Morgan fingerprint density at radius 3 is 2.44 bits per heavy atom. The van der Waals surface area contributed by atoms with Gasteiger partial charge in [0.2, 0.25) is 0 Å². The quantitative estimate of drug-likeness (QED) is 0.544. The van der Waals surface area contributed by atoms with Gasteiger partial charge >= 0.3 is 0 Å². The zero-order valence-electron chi connectivity index (χ0n) is 19.8. The Bertz CT molecular complexity index is 851. The highest BCUT2D eigenvalue weighted by molar-refractivity contribution is 6.31. The van der Waals surface area contributed by atoms with Crippen LogP contribution in [0.2, 0.25) is 5.02 Å². The summed E-state index contributed by atoms with van der Waals surface area (Å²) >= 11 is 6.51. The third kappa shape index (κ3) is 6.18. The average molecular weight is 456 g/mol. The number of halogens is 1. The summed E-state index contributed by atoms with van der Waals surface area (Å²) in [5.74, 6) is 1.64. The Hall–Kier alpha value is -1.75. The Morgan fingerprint density at radius 2 is 1.75 bits per heavy atom. The molecule has 0 spiro atoms. The van der Waals surface area contributed by atoms with Crippen molar-refractivity contribution in [2.24, 2.45) is 5.92 Å². The topological polar surface area (TPSA) is 19.0 Å². The maximum Gasteiger partial charge on any atom is 0.120 e. The zero-order valence-corrected chi connectivity index (χ0v) is 20.6. The number of anilines is 1. The van der Waals surface area contributed by atoms with Gasteiger partial charge in [0, 0.05) is 29.8 Å². The second kappa shape index (κ2) is 10.9. The van der Waals surface area contributed by atoms with Gasteiger partial charge < -0.3 is 14.5 Å². The van der Waals surface area contributed by atoms with E-state index in [9.17, 15) is 0 Å². The lowest BCUT2D eigenvalue weighted by atomic mass is 9.89. The Morgan fingerprint density at radius 1 is 1.00 bits per heavy atom. The molecule has 2 saturated heterocycles. The van der Waals surface area contributed by atoms with Crippen molar-refractivity contribution in [2.75, 3.05) is 44.8 Å². The molecule has 2 fully saturated rings. The molecule has 4 nitrogen and oxygen atoms in total. The summed E-state index contributed by atoms with van der Waals surface area (Å²) in [5, 5.41) is 0.871. The minimum absolute atomic E-state index is 0.185.